The van der Waals surface area contributed by atoms with Gasteiger partial charge in [-0.2, -0.15) is 0 Å². The Kier molecular flexibility index (Phi) is 4.31. The van der Waals surface area contributed by atoms with Crippen molar-refractivity contribution in [2.45, 2.75) is 26.4 Å². The average molecular weight is 360 g/mol. The molecule has 2 aromatic rings. The maximum atomic E-state index is 12.5. The van der Waals surface area contributed by atoms with Gasteiger partial charge in [-0.1, -0.05) is 0 Å². The molecule has 2 heterocycles. The number of aromatic nitrogens is 1. The Morgan fingerprint density at radius 2 is 2.04 bits per heavy atom. The van der Waals surface area contributed by atoms with Crippen LogP contribution in [0.25, 0.3) is 10.9 Å². The molecule has 9 heteroatoms. The number of nitro groups is 1. The van der Waals surface area contributed by atoms with Crippen LogP contribution >= 0.6 is 0 Å². The first kappa shape index (κ1) is 17.7. The largest absolute Gasteiger partial charge is 0.444 e. The fourth-order valence-corrected chi connectivity index (χ4v) is 2.84. The average Bonchev–Trinajstić information content (AvgIpc) is 2.96. The van der Waals surface area contributed by atoms with Crippen LogP contribution in [0.4, 0.5) is 16.2 Å². The monoisotopic (exact) mass is 360 g/mol. The lowest BCUT2D eigenvalue weighted by molar-refractivity contribution is -0.383. The summed E-state index contributed by atoms with van der Waals surface area (Å²) in [7, 11) is 0. The van der Waals surface area contributed by atoms with E-state index in [1.165, 1.54) is 16.0 Å². The summed E-state index contributed by atoms with van der Waals surface area (Å²) in [6, 6.07) is 5.04. The van der Waals surface area contributed by atoms with Gasteiger partial charge in [0, 0.05) is 18.8 Å². The standard InChI is InChI=1S/C17H20N4O5/c1-17(2,3)26-16(23)19-6-7-20(15(22)10-19)11-4-5-13-12(8-11)14(9-18-13)21(24)25/h4-5,8-9,18H,6-7,10H2,1-3H3. The van der Waals surface area contributed by atoms with Crippen LogP contribution in [0.2, 0.25) is 0 Å². The van der Waals surface area contributed by atoms with Gasteiger partial charge in [0.25, 0.3) is 5.69 Å². The topological polar surface area (TPSA) is 109 Å². The molecule has 1 aromatic heterocycles. The molecule has 0 bridgehead atoms. The molecular weight excluding hydrogens is 340 g/mol. The van der Waals surface area contributed by atoms with Crippen LogP contribution in [0, 0.1) is 10.1 Å². The van der Waals surface area contributed by atoms with Crippen molar-refractivity contribution in [1.29, 1.82) is 0 Å². The lowest BCUT2D eigenvalue weighted by Crippen LogP contribution is -2.53. The summed E-state index contributed by atoms with van der Waals surface area (Å²) in [4.78, 5) is 41.0. The van der Waals surface area contributed by atoms with Crippen LogP contribution in [-0.4, -0.2) is 52.0 Å². The van der Waals surface area contributed by atoms with Gasteiger partial charge in [-0.05, 0) is 39.0 Å². The molecule has 1 fully saturated rings. The molecule has 2 amide bonds. The lowest BCUT2D eigenvalue weighted by Gasteiger charge is -2.35. The molecule has 0 radical (unpaired) electrons. The van der Waals surface area contributed by atoms with Crippen molar-refractivity contribution in [3.63, 3.8) is 0 Å². The Balaban J connectivity index is 1.78. The SMILES string of the molecule is CC(C)(C)OC(=O)N1CCN(c2ccc3[nH]cc([N+](=O)[O-])c3c2)C(=O)C1. The van der Waals surface area contributed by atoms with E-state index in [0.29, 0.717) is 29.7 Å². The van der Waals surface area contributed by atoms with Gasteiger partial charge in [-0.25, -0.2) is 4.79 Å². The molecule has 0 spiro atoms. The second kappa shape index (κ2) is 6.32. The number of ether oxygens (including phenoxy) is 1. The van der Waals surface area contributed by atoms with E-state index in [1.807, 2.05) is 0 Å². The molecule has 26 heavy (non-hydrogen) atoms. The Labute approximate surface area is 149 Å². The summed E-state index contributed by atoms with van der Waals surface area (Å²) in [6.45, 7) is 5.82. The molecule has 138 valence electrons. The number of H-pyrrole nitrogens is 1. The van der Waals surface area contributed by atoms with E-state index in [4.69, 9.17) is 4.74 Å². The van der Waals surface area contributed by atoms with E-state index < -0.39 is 16.6 Å². The zero-order chi connectivity index (χ0) is 19.1. The third kappa shape index (κ3) is 3.46. The number of fused-ring (bicyclic) bond motifs is 1. The fraction of sp³-hybridized carbons (Fsp3) is 0.412. The third-order valence-corrected chi connectivity index (χ3v) is 4.02. The maximum Gasteiger partial charge on any atom is 0.410 e. The maximum absolute atomic E-state index is 12.5. The highest BCUT2D eigenvalue weighted by Crippen LogP contribution is 2.30. The number of nitrogens with zero attached hydrogens (tertiary/aromatic N) is 3. The summed E-state index contributed by atoms with van der Waals surface area (Å²) in [5.41, 5.74) is 0.520. The van der Waals surface area contributed by atoms with Crippen LogP contribution < -0.4 is 4.90 Å². The van der Waals surface area contributed by atoms with Crippen LogP contribution in [-0.2, 0) is 9.53 Å². The molecule has 1 aliphatic heterocycles. The number of anilines is 1. The normalized spacial score (nSPS) is 15.4. The molecule has 9 nitrogen and oxygen atoms in total. The highest BCUT2D eigenvalue weighted by atomic mass is 16.6. The van der Waals surface area contributed by atoms with Crippen LogP contribution in [0.15, 0.2) is 24.4 Å². The number of amides is 2. The molecular formula is C17H20N4O5. The predicted octanol–water partition coefficient (Wildman–Crippen LogP) is 2.66. The number of nitrogens with one attached hydrogen (secondary N) is 1. The summed E-state index contributed by atoms with van der Waals surface area (Å²) >= 11 is 0. The molecule has 0 atom stereocenters. The summed E-state index contributed by atoms with van der Waals surface area (Å²) in [5, 5.41) is 11.5. The van der Waals surface area contributed by atoms with Gasteiger partial charge in [-0.3, -0.25) is 19.8 Å². The number of piperazine rings is 1. The quantitative estimate of drug-likeness (QED) is 0.654. The van der Waals surface area contributed by atoms with Crippen LogP contribution in [0.5, 0.6) is 0 Å². The van der Waals surface area contributed by atoms with E-state index in [-0.39, 0.29) is 18.1 Å². The second-order valence-electron chi connectivity index (χ2n) is 7.11. The van der Waals surface area contributed by atoms with Crippen molar-refractivity contribution in [2.24, 2.45) is 0 Å². The lowest BCUT2D eigenvalue weighted by atomic mass is 10.2. The van der Waals surface area contributed by atoms with E-state index >= 15 is 0 Å². The smallest absolute Gasteiger partial charge is 0.410 e. The summed E-state index contributed by atoms with van der Waals surface area (Å²) in [6.07, 6.45) is 0.804. The Bertz CT molecular complexity index is 883. The zero-order valence-electron chi connectivity index (χ0n) is 14.8. The minimum Gasteiger partial charge on any atom is -0.444 e. The van der Waals surface area contributed by atoms with E-state index in [0.717, 1.165) is 0 Å². The van der Waals surface area contributed by atoms with Gasteiger partial charge in [0.05, 0.1) is 22.0 Å². The number of benzene rings is 1. The molecule has 1 aromatic carbocycles. The summed E-state index contributed by atoms with van der Waals surface area (Å²) in [5.74, 6) is -0.264. The van der Waals surface area contributed by atoms with Crippen LogP contribution in [0.1, 0.15) is 20.8 Å². The van der Waals surface area contributed by atoms with Gasteiger partial charge in [0.2, 0.25) is 5.91 Å². The van der Waals surface area contributed by atoms with Gasteiger partial charge in [0.1, 0.15) is 12.1 Å². The predicted molar refractivity (Wildman–Crippen MR) is 95.1 cm³/mol. The van der Waals surface area contributed by atoms with Gasteiger partial charge < -0.3 is 14.6 Å². The highest BCUT2D eigenvalue weighted by Gasteiger charge is 2.31. The number of hydrogen-bond acceptors (Lipinski definition) is 5. The first-order valence-electron chi connectivity index (χ1n) is 8.19. The Morgan fingerprint density at radius 3 is 2.65 bits per heavy atom. The van der Waals surface area contributed by atoms with Crippen molar-refractivity contribution in [3.8, 4) is 0 Å². The number of carbonyl (C=O) groups is 2. The third-order valence-electron chi connectivity index (χ3n) is 4.02. The molecule has 0 saturated carbocycles. The minimum atomic E-state index is -0.629. The second-order valence-corrected chi connectivity index (χ2v) is 7.11. The molecule has 0 unspecified atom stereocenters. The van der Waals surface area contributed by atoms with Crippen molar-refractivity contribution >= 4 is 34.3 Å². The van der Waals surface area contributed by atoms with E-state index in [2.05, 4.69) is 4.98 Å². The Morgan fingerprint density at radius 1 is 1.31 bits per heavy atom. The van der Waals surface area contributed by atoms with Gasteiger partial charge >= 0.3 is 6.09 Å². The van der Waals surface area contributed by atoms with Crippen LogP contribution in [0.3, 0.4) is 0 Å². The van der Waals surface area contributed by atoms with E-state index in [1.54, 1.807) is 39.0 Å². The van der Waals surface area contributed by atoms with Crippen molar-refractivity contribution in [2.75, 3.05) is 24.5 Å². The first-order valence-corrected chi connectivity index (χ1v) is 8.19. The number of hydrogen-bond donors (Lipinski definition) is 1. The highest BCUT2D eigenvalue weighted by molar-refractivity contribution is 6.00. The zero-order valence-corrected chi connectivity index (χ0v) is 14.8. The molecule has 0 aliphatic carbocycles. The van der Waals surface area contributed by atoms with E-state index in [9.17, 15) is 19.7 Å². The van der Waals surface area contributed by atoms with Crippen molar-refractivity contribution in [3.05, 3.63) is 34.5 Å². The first-order chi connectivity index (χ1) is 12.2. The molecule has 1 aliphatic rings. The van der Waals surface area contributed by atoms with Crippen molar-refractivity contribution in [1.82, 2.24) is 9.88 Å². The number of rotatable bonds is 2. The van der Waals surface area contributed by atoms with Gasteiger partial charge in [0.15, 0.2) is 0 Å². The van der Waals surface area contributed by atoms with Crippen molar-refractivity contribution < 1.29 is 19.2 Å². The summed E-state index contributed by atoms with van der Waals surface area (Å²) < 4.78 is 5.29. The minimum absolute atomic E-state index is 0.0401. The number of aromatic amines is 1. The molecule has 1 saturated heterocycles. The van der Waals surface area contributed by atoms with Gasteiger partial charge in [-0.15, -0.1) is 0 Å². The Hall–Kier alpha value is -3.10. The number of carbonyl (C=O) groups excluding carboxylic acids is 2. The molecule has 1 N–H and O–H groups in total. The molecule has 3 rings (SSSR count). The fourth-order valence-electron chi connectivity index (χ4n) is 2.84.